The summed E-state index contributed by atoms with van der Waals surface area (Å²) in [5, 5.41) is 3.73. The number of aromatic nitrogens is 3. The minimum absolute atomic E-state index is 0.898. The zero-order valence-corrected chi connectivity index (χ0v) is 21.2. The summed E-state index contributed by atoms with van der Waals surface area (Å²) in [5.74, 6) is 0.898. The van der Waals surface area contributed by atoms with Crippen LogP contribution >= 0.6 is 11.3 Å². The second kappa shape index (κ2) is 8.37. The molecule has 0 saturated carbocycles. The molecule has 0 aliphatic carbocycles. The van der Waals surface area contributed by atoms with Crippen molar-refractivity contribution in [3.05, 3.63) is 128 Å². The summed E-state index contributed by atoms with van der Waals surface area (Å²) in [6, 6.07) is 42.8. The maximum absolute atomic E-state index is 5.19. The third kappa shape index (κ3) is 3.21. The van der Waals surface area contributed by atoms with E-state index in [1.165, 1.54) is 31.3 Å². The fourth-order valence-corrected chi connectivity index (χ4v) is 6.71. The zero-order chi connectivity index (χ0) is 25.1. The molecule has 0 saturated heterocycles. The molecule has 3 nitrogen and oxygen atoms in total. The number of rotatable bonds is 3. The van der Waals surface area contributed by atoms with Gasteiger partial charge in [-0.2, -0.15) is 0 Å². The minimum atomic E-state index is 0.898. The van der Waals surface area contributed by atoms with E-state index in [-0.39, 0.29) is 0 Å². The Morgan fingerprint density at radius 3 is 2.26 bits per heavy atom. The van der Waals surface area contributed by atoms with Crippen molar-refractivity contribution in [3.63, 3.8) is 0 Å². The second-order valence-corrected chi connectivity index (χ2v) is 10.5. The largest absolute Gasteiger partial charge is 0.276 e. The lowest BCUT2D eigenvalue weighted by molar-refractivity contribution is 1.17. The van der Waals surface area contributed by atoms with Gasteiger partial charge in [0.15, 0.2) is 0 Å². The Hall–Kier alpha value is -4.80. The van der Waals surface area contributed by atoms with Gasteiger partial charge in [0.05, 0.1) is 11.2 Å². The van der Waals surface area contributed by atoms with E-state index in [1.807, 2.05) is 29.7 Å². The standard InChI is InChI=1S/C34H21N3S/c1-2-8-23(9-3-1)31-29-20-19-24-10-7-21-35-33(24)37(29)34(36-31)25-17-15-22(16-18-25)26-12-6-13-28-27-11-4-5-14-30(27)38-32(26)28/h1-21H. The Kier molecular flexibility index (Phi) is 4.69. The number of thiophene rings is 1. The molecule has 0 fully saturated rings. The predicted molar refractivity (Wildman–Crippen MR) is 160 cm³/mol. The molecule has 4 aromatic carbocycles. The van der Waals surface area contributed by atoms with Crippen molar-refractivity contribution in [2.24, 2.45) is 0 Å². The van der Waals surface area contributed by atoms with E-state index in [0.29, 0.717) is 0 Å². The van der Waals surface area contributed by atoms with Crippen LogP contribution in [0.3, 0.4) is 0 Å². The minimum Gasteiger partial charge on any atom is -0.276 e. The van der Waals surface area contributed by atoms with Gasteiger partial charge < -0.3 is 0 Å². The molecule has 0 aliphatic rings. The third-order valence-electron chi connectivity index (χ3n) is 7.27. The molecule has 0 radical (unpaired) electrons. The summed E-state index contributed by atoms with van der Waals surface area (Å²) in [6.07, 6.45) is 1.85. The molecule has 38 heavy (non-hydrogen) atoms. The Balaban J connectivity index is 1.32. The molecule has 0 unspecified atom stereocenters. The molecule has 0 N–H and O–H groups in total. The van der Waals surface area contributed by atoms with E-state index in [1.54, 1.807) is 0 Å². The number of hydrogen-bond acceptors (Lipinski definition) is 3. The van der Waals surface area contributed by atoms with E-state index in [4.69, 9.17) is 9.97 Å². The molecule has 0 aliphatic heterocycles. The normalized spacial score (nSPS) is 11.7. The first-order valence-corrected chi connectivity index (χ1v) is 13.5. The first kappa shape index (κ1) is 21.3. The Bertz CT molecular complexity index is 2120. The summed E-state index contributed by atoms with van der Waals surface area (Å²) in [5.41, 5.74) is 7.56. The van der Waals surface area contributed by atoms with Crippen molar-refractivity contribution in [2.45, 2.75) is 0 Å². The molecule has 4 aromatic heterocycles. The fraction of sp³-hybridized carbons (Fsp3) is 0. The van der Waals surface area contributed by atoms with Gasteiger partial charge in [-0.25, -0.2) is 9.97 Å². The highest BCUT2D eigenvalue weighted by Gasteiger charge is 2.17. The lowest BCUT2D eigenvalue weighted by Gasteiger charge is -2.07. The summed E-state index contributed by atoms with van der Waals surface area (Å²) in [6.45, 7) is 0. The van der Waals surface area contributed by atoms with Crippen LogP contribution in [0.15, 0.2) is 128 Å². The van der Waals surface area contributed by atoms with Gasteiger partial charge >= 0.3 is 0 Å². The maximum atomic E-state index is 5.19. The molecule has 178 valence electrons. The Morgan fingerprint density at radius 2 is 1.37 bits per heavy atom. The van der Waals surface area contributed by atoms with Crippen LogP contribution in [0.5, 0.6) is 0 Å². The van der Waals surface area contributed by atoms with Crippen LogP contribution in [0.25, 0.3) is 70.5 Å². The zero-order valence-electron chi connectivity index (χ0n) is 20.4. The number of fused-ring (bicyclic) bond motifs is 6. The van der Waals surface area contributed by atoms with Crippen LogP contribution < -0.4 is 0 Å². The van der Waals surface area contributed by atoms with Gasteiger partial charge in [0.1, 0.15) is 11.5 Å². The highest BCUT2D eigenvalue weighted by molar-refractivity contribution is 7.26. The van der Waals surface area contributed by atoms with E-state index >= 15 is 0 Å². The molecule has 4 heterocycles. The van der Waals surface area contributed by atoms with Crippen molar-refractivity contribution >= 4 is 48.1 Å². The van der Waals surface area contributed by atoms with Gasteiger partial charge in [0, 0.05) is 42.9 Å². The van der Waals surface area contributed by atoms with Crippen LogP contribution in [-0.2, 0) is 0 Å². The Morgan fingerprint density at radius 1 is 0.579 bits per heavy atom. The first-order chi connectivity index (χ1) is 18.8. The molecular formula is C34H21N3S. The Labute approximate surface area is 223 Å². The third-order valence-corrected chi connectivity index (χ3v) is 8.49. The lowest BCUT2D eigenvalue weighted by atomic mass is 10.0. The molecule has 8 aromatic rings. The van der Waals surface area contributed by atoms with Crippen LogP contribution in [0, 0.1) is 0 Å². The summed E-state index contributed by atoms with van der Waals surface area (Å²) in [4.78, 5) is 9.93. The van der Waals surface area contributed by atoms with Crippen molar-refractivity contribution in [1.82, 2.24) is 14.4 Å². The summed E-state index contributed by atoms with van der Waals surface area (Å²) in [7, 11) is 0. The van der Waals surface area contributed by atoms with Crippen molar-refractivity contribution in [1.29, 1.82) is 0 Å². The number of hydrogen-bond donors (Lipinski definition) is 0. The fourth-order valence-electron chi connectivity index (χ4n) is 5.47. The second-order valence-electron chi connectivity index (χ2n) is 9.48. The van der Waals surface area contributed by atoms with Gasteiger partial charge in [0.2, 0.25) is 0 Å². The van der Waals surface area contributed by atoms with Crippen LogP contribution in [0.4, 0.5) is 0 Å². The number of benzene rings is 4. The quantitative estimate of drug-likeness (QED) is 0.240. The predicted octanol–water partition coefficient (Wildman–Crippen LogP) is 9.25. The number of pyridine rings is 2. The van der Waals surface area contributed by atoms with Gasteiger partial charge in [-0.15, -0.1) is 11.3 Å². The van der Waals surface area contributed by atoms with Crippen LogP contribution in [-0.4, -0.2) is 14.4 Å². The average molecular weight is 504 g/mol. The molecule has 0 amide bonds. The van der Waals surface area contributed by atoms with Gasteiger partial charge in [-0.1, -0.05) is 91.0 Å². The molecule has 0 spiro atoms. The highest BCUT2D eigenvalue weighted by Crippen LogP contribution is 2.40. The van der Waals surface area contributed by atoms with E-state index in [0.717, 1.165) is 39.2 Å². The monoisotopic (exact) mass is 503 g/mol. The lowest BCUT2D eigenvalue weighted by Crippen LogP contribution is -1.94. The first-order valence-electron chi connectivity index (χ1n) is 12.7. The van der Waals surface area contributed by atoms with Gasteiger partial charge in [-0.3, -0.25) is 4.40 Å². The number of imidazole rings is 1. The van der Waals surface area contributed by atoms with E-state index in [2.05, 4.69) is 114 Å². The van der Waals surface area contributed by atoms with Gasteiger partial charge in [0.25, 0.3) is 0 Å². The highest BCUT2D eigenvalue weighted by atomic mass is 32.1. The van der Waals surface area contributed by atoms with Crippen LogP contribution in [0.2, 0.25) is 0 Å². The maximum Gasteiger partial charge on any atom is 0.146 e. The average Bonchev–Trinajstić information content (AvgIpc) is 3.57. The molecule has 0 atom stereocenters. The van der Waals surface area contributed by atoms with Crippen LogP contribution in [0.1, 0.15) is 0 Å². The van der Waals surface area contributed by atoms with Crippen molar-refractivity contribution < 1.29 is 0 Å². The molecule has 4 heteroatoms. The van der Waals surface area contributed by atoms with Crippen molar-refractivity contribution in [2.75, 3.05) is 0 Å². The van der Waals surface area contributed by atoms with Crippen molar-refractivity contribution in [3.8, 4) is 33.8 Å². The topological polar surface area (TPSA) is 30.2 Å². The molecule has 0 bridgehead atoms. The summed E-state index contributed by atoms with van der Waals surface area (Å²) >= 11 is 1.86. The summed E-state index contributed by atoms with van der Waals surface area (Å²) < 4.78 is 4.84. The number of nitrogens with zero attached hydrogens (tertiary/aromatic N) is 3. The van der Waals surface area contributed by atoms with E-state index in [9.17, 15) is 0 Å². The smallest absolute Gasteiger partial charge is 0.146 e. The molecular weight excluding hydrogens is 482 g/mol. The molecule has 8 rings (SSSR count). The van der Waals surface area contributed by atoms with Gasteiger partial charge in [-0.05, 0) is 41.5 Å². The SMILES string of the molecule is c1ccc(-c2nc(-c3ccc(-c4cccc5c4sc4ccccc45)cc3)n3c2ccc2cccnc23)cc1. The van der Waals surface area contributed by atoms with E-state index < -0.39 is 0 Å².